The smallest absolute Gasteiger partial charge is 0.288 e. The molecule has 0 radical (unpaired) electrons. The predicted octanol–water partition coefficient (Wildman–Crippen LogP) is 0.625. The number of rotatable bonds is 1. The van der Waals surface area contributed by atoms with Crippen molar-refractivity contribution in [2.45, 2.75) is 30.9 Å². The van der Waals surface area contributed by atoms with Crippen LogP contribution >= 0.6 is 0 Å². The van der Waals surface area contributed by atoms with Gasteiger partial charge in [0.05, 0.1) is 6.10 Å². The molecule has 1 aliphatic heterocycles. The molecule has 14 heavy (non-hydrogen) atoms. The van der Waals surface area contributed by atoms with Gasteiger partial charge in [-0.2, -0.15) is 21.6 Å². The first-order valence-electron chi connectivity index (χ1n) is 3.67. The van der Waals surface area contributed by atoms with E-state index < -0.39 is 39.9 Å². The van der Waals surface area contributed by atoms with Crippen LogP contribution in [0, 0.1) is 0 Å². The van der Waals surface area contributed by atoms with Gasteiger partial charge in [-0.25, -0.2) is 0 Å². The number of hydrogen-bond acceptors (Lipinski definition) is 4. The van der Waals surface area contributed by atoms with Crippen LogP contribution in [-0.2, 0) is 19.1 Å². The average molecular weight is 232 g/mol. The van der Waals surface area contributed by atoms with E-state index in [0.29, 0.717) is 0 Å². The molecule has 2 atom stereocenters. The maximum atomic E-state index is 11.9. The second-order valence-corrected chi connectivity index (χ2v) is 4.73. The molecule has 0 aromatic rings. The van der Waals surface area contributed by atoms with Gasteiger partial charge in [-0.05, 0) is 6.92 Å². The SMILES string of the molecule is CC1CC(C(=O)C(F)(F)F)S(=O)(=O)O1. The van der Waals surface area contributed by atoms with E-state index in [1.165, 1.54) is 6.92 Å². The molecule has 0 bridgehead atoms. The van der Waals surface area contributed by atoms with E-state index in [9.17, 15) is 26.4 Å². The molecule has 2 unspecified atom stereocenters. The lowest BCUT2D eigenvalue weighted by Crippen LogP contribution is -2.37. The van der Waals surface area contributed by atoms with Crippen LogP contribution in [0.1, 0.15) is 13.3 Å². The number of ketones is 1. The maximum absolute atomic E-state index is 11.9. The molecule has 0 aromatic heterocycles. The molecule has 1 heterocycles. The number of Topliss-reactive ketones (excluding diaryl/α,β-unsaturated/α-hetero) is 1. The van der Waals surface area contributed by atoms with Gasteiger partial charge in [0.15, 0.2) is 5.25 Å². The van der Waals surface area contributed by atoms with E-state index in [0.717, 1.165) is 0 Å². The molecule has 0 aromatic carbocycles. The third-order valence-electron chi connectivity index (χ3n) is 1.76. The summed E-state index contributed by atoms with van der Waals surface area (Å²) < 4.78 is 61.8. The lowest BCUT2D eigenvalue weighted by atomic mass is 10.1. The van der Waals surface area contributed by atoms with Crippen LogP contribution in [0.2, 0.25) is 0 Å². The second-order valence-electron chi connectivity index (χ2n) is 2.99. The van der Waals surface area contributed by atoms with Gasteiger partial charge in [0, 0.05) is 6.42 Å². The summed E-state index contributed by atoms with van der Waals surface area (Å²) in [4.78, 5) is 10.6. The monoisotopic (exact) mass is 232 g/mol. The molecule has 1 saturated heterocycles. The number of carbonyl (C=O) groups excluding carboxylic acids is 1. The molecule has 0 N–H and O–H groups in total. The van der Waals surface area contributed by atoms with Gasteiger partial charge >= 0.3 is 6.18 Å². The fraction of sp³-hybridized carbons (Fsp3) is 0.833. The largest absolute Gasteiger partial charge is 0.451 e. The highest BCUT2D eigenvalue weighted by Gasteiger charge is 2.53. The predicted molar refractivity (Wildman–Crippen MR) is 38.9 cm³/mol. The van der Waals surface area contributed by atoms with Crippen molar-refractivity contribution in [1.29, 1.82) is 0 Å². The van der Waals surface area contributed by atoms with Crippen molar-refractivity contribution in [2.24, 2.45) is 0 Å². The average Bonchev–Trinajstić information content (AvgIpc) is 2.20. The third-order valence-corrected chi connectivity index (χ3v) is 3.46. The minimum atomic E-state index is -5.13. The van der Waals surface area contributed by atoms with Crippen molar-refractivity contribution in [2.75, 3.05) is 0 Å². The Kier molecular flexibility index (Phi) is 2.61. The van der Waals surface area contributed by atoms with Crippen molar-refractivity contribution in [3.8, 4) is 0 Å². The lowest BCUT2D eigenvalue weighted by Gasteiger charge is -2.08. The van der Waals surface area contributed by atoms with Crippen LogP contribution in [0.15, 0.2) is 0 Å². The zero-order valence-corrected chi connectivity index (χ0v) is 7.85. The minimum Gasteiger partial charge on any atom is -0.288 e. The Morgan fingerprint density at radius 2 is 1.93 bits per heavy atom. The summed E-state index contributed by atoms with van der Waals surface area (Å²) in [6, 6.07) is 0. The first-order chi connectivity index (χ1) is 6.14. The number of alkyl halides is 3. The number of halogens is 3. The second kappa shape index (κ2) is 3.20. The van der Waals surface area contributed by atoms with Gasteiger partial charge in [-0.1, -0.05) is 0 Å². The first kappa shape index (κ1) is 11.4. The Bertz CT molecular complexity index is 345. The van der Waals surface area contributed by atoms with Crippen LogP contribution in [0.25, 0.3) is 0 Å². The molecule has 1 fully saturated rings. The van der Waals surface area contributed by atoms with Crippen molar-refractivity contribution >= 4 is 15.9 Å². The fourth-order valence-electron chi connectivity index (χ4n) is 1.18. The Morgan fingerprint density at radius 1 is 1.43 bits per heavy atom. The van der Waals surface area contributed by atoms with E-state index in [-0.39, 0.29) is 0 Å². The normalized spacial score (nSPS) is 31.7. The Hall–Kier alpha value is -0.630. The van der Waals surface area contributed by atoms with Crippen molar-refractivity contribution in [3.63, 3.8) is 0 Å². The van der Waals surface area contributed by atoms with Crippen molar-refractivity contribution in [3.05, 3.63) is 0 Å². The molecule has 8 heteroatoms. The Balaban J connectivity index is 2.96. The zero-order chi connectivity index (χ0) is 11.1. The van der Waals surface area contributed by atoms with Gasteiger partial charge < -0.3 is 0 Å². The van der Waals surface area contributed by atoms with Gasteiger partial charge in [0.2, 0.25) is 0 Å². The maximum Gasteiger partial charge on any atom is 0.451 e. The highest BCUT2D eigenvalue weighted by Crippen LogP contribution is 2.30. The lowest BCUT2D eigenvalue weighted by molar-refractivity contribution is -0.170. The summed E-state index contributed by atoms with van der Waals surface area (Å²) in [5.74, 6) is -2.26. The molecule has 1 rings (SSSR count). The van der Waals surface area contributed by atoms with Gasteiger partial charge in [-0.3, -0.25) is 8.98 Å². The topological polar surface area (TPSA) is 60.4 Å². The molecule has 0 amide bonds. The summed E-state index contributed by atoms with van der Waals surface area (Å²) >= 11 is 0. The number of hydrogen-bond donors (Lipinski definition) is 0. The number of carbonyl (C=O) groups is 1. The van der Waals surface area contributed by atoms with Crippen LogP contribution in [0.4, 0.5) is 13.2 Å². The molecule has 0 aliphatic carbocycles. The summed E-state index contributed by atoms with van der Waals surface area (Å²) in [5, 5.41) is -2.10. The van der Waals surface area contributed by atoms with Gasteiger partial charge in [0.25, 0.3) is 15.9 Å². The Morgan fingerprint density at radius 3 is 2.21 bits per heavy atom. The van der Waals surface area contributed by atoms with Crippen molar-refractivity contribution < 1.29 is 30.6 Å². The van der Waals surface area contributed by atoms with Crippen LogP contribution in [-0.4, -0.2) is 31.7 Å². The van der Waals surface area contributed by atoms with Gasteiger partial charge in [-0.15, -0.1) is 0 Å². The highest BCUT2D eigenvalue weighted by molar-refractivity contribution is 7.88. The van der Waals surface area contributed by atoms with Crippen molar-refractivity contribution in [1.82, 2.24) is 0 Å². The molecular formula is C6H7F3O4S. The van der Waals surface area contributed by atoms with Crippen LogP contribution in [0.5, 0.6) is 0 Å². The molecule has 82 valence electrons. The quantitative estimate of drug-likeness (QED) is 0.622. The first-order valence-corrected chi connectivity index (χ1v) is 5.15. The summed E-state index contributed by atoms with van der Waals surface area (Å²) in [5.41, 5.74) is 0. The van der Waals surface area contributed by atoms with E-state index in [4.69, 9.17) is 0 Å². The minimum absolute atomic E-state index is 0.444. The summed E-state index contributed by atoms with van der Waals surface area (Å²) in [6.45, 7) is 1.29. The molecule has 1 aliphatic rings. The molecule has 0 saturated carbocycles. The van der Waals surface area contributed by atoms with Gasteiger partial charge in [0.1, 0.15) is 0 Å². The van der Waals surface area contributed by atoms with E-state index in [2.05, 4.69) is 4.18 Å². The van der Waals surface area contributed by atoms with E-state index >= 15 is 0 Å². The highest BCUT2D eigenvalue weighted by atomic mass is 32.2. The van der Waals surface area contributed by atoms with E-state index in [1.807, 2.05) is 0 Å². The summed E-state index contributed by atoms with van der Waals surface area (Å²) in [7, 11) is -4.39. The van der Waals surface area contributed by atoms with Crippen LogP contribution in [0.3, 0.4) is 0 Å². The standard InChI is InChI=1S/C6H7F3O4S/c1-3-2-4(14(11,12)13-3)5(10)6(7,8)9/h3-4H,2H2,1H3. The third kappa shape index (κ3) is 2.06. The molecule has 0 spiro atoms. The van der Waals surface area contributed by atoms with Crippen LogP contribution < -0.4 is 0 Å². The summed E-state index contributed by atoms with van der Waals surface area (Å²) in [6.07, 6.45) is -6.46. The molecular weight excluding hydrogens is 225 g/mol. The van der Waals surface area contributed by atoms with E-state index in [1.54, 1.807) is 0 Å². The molecule has 4 nitrogen and oxygen atoms in total. The zero-order valence-electron chi connectivity index (χ0n) is 7.04. The fourth-order valence-corrected chi connectivity index (χ4v) is 2.75. The Labute approximate surface area is 78.2 Å².